The van der Waals surface area contributed by atoms with Gasteiger partial charge in [0, 0.05) is 113 Å². The number of carbonyl (C=O) groups excluding carboxylic acids is 9. The van der Waals surface area contributed by atoms with Crippen molar-refractivity contribution in [3.8, 4) is 33.8 Å². The molecule has 4 aliphatic rings. The van der Waals surface area contributed by atoms with Gasteiger partial charge in [0.1, 0.15) is 23.3 Å². The Morgan fingerprint density at radius 3 is 1.75 bits per heavy atom. The quantitative estimate of drug-likeness (QED) is 0.0203. The third-order valence-electron chi connectivity index (χ3n) is 18.9. The van der Waals surface area contributed by atoms with E-state index in [1.807, 2.05) is 80.6 Å². The average molecular weight is 1530 g/mol. The molecule has 3 atom stereocenters. The molecule has 7 amide bonds. The SMILES string of the molecule is CC1CC(=O)NC1=O.CC[C@H]1CC(=O)N(CCC(=O)NCCOCCOCCOCCOCCC(=O)N(CCOCCOCCOCCCC(=O)CCC(=O)N2Cc3ccccc3-c3n[nH]nc3-c3ccccc32)CCOCCOCCOCCCC(=O)O[C@H]2CCCc3c(-c4ccccc4)nnc(C)c3CC2)C1=O. The van der Waals surface area contributed by atoms with Gasteiger partial charge in [0.25, 0.3) is 0 Å². The summed E-state index contributed by atoms with van der Waals surface area (Å²) < 4.78 is 62.9. The number of rotatable bonds is 50. The third kappa shape index (κ3) is 29.9. The number of imide groups is 2. The van der Waals surface area contributed by atoms with Crippen LogP contribution in [0.5, 0.6) is 0 Å². The first-order chi connectivity index (χ1) is 53.7. The van der Waals surface area contributed by atoms with Crippen LogP contribution < -0.4 is 15.5 Å². The van der Waals surface area contributed by atoms with Gasteiger partial charge in [-0.05, 0) is 81.0 Å². The van der Waals surface area contributed by atoms with E-state index >= 15 is 0 Å². The number of hydrogen-bond donors (Lipinski definition) is 3. The fourth-order valence-corrected chi connectivity index (χ4v) is 12.9. The maximum Gasteiger partial charge on any atom is 0.306 e. The Morgan fingerprint density at radius 2 is 1.14 bits per heavy atom. The second-order valence-corrected chi connectivity index (χ2v) is 27.0. The lowest BCUT2D eigenvalue weighted by Gasteiger charge is -2.28. The van der Waals surface area contributed by atoms with Crippen LogP contribution in [0, 0.1) is 18.8 Å². The molecule has 2 aromatic heterocycles. The summed E-state index contributed by atoms with van der Waals surface area (Å²) in [6.07, 6.45) is 7.15. The number of likely N-dealkylation sites (tertiary alicyclic amines) is 1. The lowest BCUT2D eigenvalue weighted by molar-refractivity contribution is -0.150. The molecule has 9 rings (SSSR count). The van der Waals surface area contributed by atoms with Crippen LogP contribution in [0.1, 0.15) is 126 Å². The normalized spacial score (nSPS) is 16.0. The van der Waals surface area contributed by atoms with Crippen molar-refractivity contribution in [1.82, 2.24) is 46.0 Å². The second kappa shape index (κ2) is 49.5. The van der Waals surface area contributed by atoms with E-state index in [4.69, 9.17) is 52.1 Å². The molecule has 1 aliphatic carbocycles. The van der Waals surface area contributed by atoms with Gasteiger partial charge in [-0.3, -0.25) is 53.4 Å². The minimum absolute atomic E-state index is 0.00793. The van der Waals surface area contributed by atoms with Crippen LogP contribution in [0.2, 0.25) is 0 Å². The van der Waals surface area contributed by atoms with Crippen molar-refractivity contribution in [2.24, 2.45) is 11.8 Å². The smallest absolute Gasteiger partial charge is 0.306 e. The average Bonchev–Trinajstić information content (AvgIpc) is 1.46. The molecule has 3 N–H and O–H groups in total. The molecule has 3 aromatic carbocycles. The third-order valence-corrected chi connectivity index (χ3v) is 18.9. The molecule has 5 aromatic rings. The number of Topliss-reactive ketones (excluding diaryl/α,β-unsaturated/α-hetero) is 1. The molecular formula is C80H110N10O20. The number of fused-ring (bicyclic) bond motifs is 6. The van der Waals surface area contributed by atoms with Crippen LogP contribution in [-0.4, -0.2) is 253 Å². The molecule has 1 unspecified atom stereocenters. The fraction of sp³-hybridized carbons (Fsp3) is 0.588. The number of nitrogens with one attached hydrogen (secondary N) is 3. The number of amides is 7. The molecule has 30 heteroatoms. The molecule has 0 spiro atoms. The van der Waals surface area contributed by atoms with Crippen molar-refractivity contribution < 1.29 is 95.3 Å². The van der Waals surface area contributed by atoms with Gasteiger partial charge in [-0.1, -0.05) is 86.6 Å². The monoisotopic (exact) mass is 1530 g/mol. The van der Waals surface area contributed by atoms with Gasteiger partial charge in [0.05, 0.1) is 149 Å². The minimum atomic E-state index is -0.286. The number of aromatic amines is 1. The molecular weight excluding hydrogens is 1420 g/mol. The van der Waals surface area contributed by atoms with Crippen LogP contribution in [0.3, 0.4) is 0 Å². The Balaban J connectivity index is 0.00000178. The van der Waals surface area contributed by atoms with Crippen molar-refractivity contribution in [3.63, 3.8) is 0 Å². The fourth-order valence-electron chi connectivity index (χ4n) is 12.9. The molecule has 0 saturated carbocycles. The lowest BCUT2D eigenvalue weighted by Crippen LogP contribution is -2.37. The predicted octanol–water partition coefficient (Wildman–Crippen LogP) is 6.89. The zero-order valence-corrected chi connectivity index (χ0v) is 64.0. The standard InChI is InChI=1S/C75H103N9O18.C5H7NO2/c1-3-57-54-70(89)83(75(57)91)31-28-67(86)76-30-37-95-43-49-101-53-52-100-48-42-94-36-29-68(87)82(33-39-97-45-51-99-47-41-93-35-13-23-71(90)102-61-18-11-21-64-62(26-25-61)56(2)77-78-72(64)58-14-5-4-6-15-58)32-38-96-44-50-98-46-40-92-34-12-17-60(85)24-27-69(88)84-55-59-16-7-8-19-63(59)73-74(80-81-79-73)65-20-9-10-22-66(65)84;1-3-2-4(7)6-5(3)8/h4-10,14-16,19-20,22,57,61H,3,11-13,17-18,21,23-55H2,1-2H3,(H,76,86)(H,79,80,81);3H,2H2,1H3,(H,6,7,8)/t57-,61-;/m0./s1. The Labute approximate surface area is 643 Å². The molecule has 2 fully saturated rings. The molecule has 600 valence electrons. The first-order valence-corrected chi connectivity index (χ1v) is 38.7. The van der Waals surface area contributed by atoms with Gasteiger partial charge < -0.3 is 67.2 Å². The molecule has 0 radical (unpaired) electrons. The summed E-state index contributed by atoms with van der Waals surface area (Å²) in [5.41, 5.74) is 10.1. The topological polar surface area (TPSA) is 356 Å². The summed E-state index contributed by atoms with van der Waals surface area (Å²) in [5.74, 6) is -1.86. The van der Waals surface area contributed by atoms with Crippen LogP contribution in [0.4, 0.5) is 5.69 Å². The molecule has 0 bridgehead atoms. The van der Waals surface area contributed by atoms with Gasteiger partial charge in [-0.25, -0.2) is 0 Å². The summed E-state index contributed by atoms with van der Waals surface area (Å²) in [5, 5.41) is 25.6. The maximum absolute atomic E-state index is 13.8. The van der Waals surface area contributed by atoms with Crippen LogP contribution in [0.15, 0.2) is 78.9 Å². The Hall–Kier alpha value is -8.69. The van der Waals surface area contributed by atoms with Gasteiger partial charge >= 0.3 is 5.97 Å². The minimum Gasteiger partial charge on any atom is -0.462 e. The summed E-state index contributed by atoms with van der Waals surface area (Å²) >= 11 is 0. The zero-order chi connectivity index (χ0) is 77.9. The molecule has 30 nitrogen and oxygen atoms in total. The van der Waals surface area contributed by atoms with E-state index < -0.39 is 0 Å². The second-order valence-electron chi connectivity index (χ2n) is 27.0. The van der Waals surface area contributed by atoms with Crippen molar-refractivity contribution in [1.29, 1.82) is 0 Å². The maximum atomic E-state index is 13.8. The molecule has 3 aliphatic heterocycles. The Bertz CT molecular complexity index is 3690. The van der Waals surface area contributed by atoms with Crippen LogP contribution in [0.25, 0.3) is 33.8 Å². The van der Waals surface area contributed by atoms with Crippen molar-refractivity contribution in [3.05, 3.63) is 101 Å². The van der Waals surface area contributed by atoms with Crippen molar-refractivity contribution >= 4 is 58.8 Å². The van der Waals surface area contributed by atoms with E-state index in [0.717, 1.165) is 77.1 Å². The number of para-hydroxylation sites is 1. The Morgan fingerprint density at radius 1 is 0.564 bits per heavy atom. The van der Waals surface area contributed by atoms with Crippen molar-refractivity contribution in [2.75, 3.05) is 163 Å². The zero-order valence-electron chi connectivity index (χ0n) is 64.0. The van der Waals surface area contributed by atoms with Gasteiger partial charge in [0.15, 0.2) is 0 Å². The lowest BCUT2D eigenvalue weighted by atomic mass is 9.89. The highest BCUT2D eigenvalue weighted by atomic mass is 16.6. The summed E-state index contributed by atoms with van der Waals surface area (Å²) in [4.78, 5) is 115. The summed E-state index contributed by atoms with van der Waals surface area (Å²) in [6.45, 7) is 13.4. The molecule has 110 heavy (non-hydrogen) atoms. The van der Waals surface area contributed by atoms with Crippen molar-refractivity contribution in [2.45, 2.75) is 136 Å². The summed E-state index contributed by atoms with van der Waals surface area (Å²) in [6, 6.07) is 25.6. The number of carbonyl (C=O) groups is 9. The van der Waals surface area contributed by atoms with E-state index in [1.165, 1.54) is 16.0 Å². The van der Waals surface area contributed by atoms with E-state index in [2.05, 4.69) is 48.4 Å². The van der Waals surface area contributed by atoms with E-state index in [-0.39, 0.29) is 149 Å². The molecule has 5 heterocycles. The van der Waals surface area contributed by atoms with Gasteiger partial charge in [-0.2, -0.15) is 20.5 Å². The largest absolute Gasteiger partial charge is 0.462 e. The number of nitrogens with zero attached hydrogens (tertiary/aromatic N) is 7. The number of H-pyrrole nitrogens is 1. The first-order valence-electron chi connectivity index (χ1n) is 38.7. The number of benzene rings is 3. The number of ketones is 1. The van der Waals surface area contributed by atoms with Crippen LogP contribution in [-0.2, 0) is 115 Å². The van der Waals surface area contributed by atoms with E-state index in [1.54, 1.807) is 16.7 Å². The van der Waals surface area contributed by atoms with E-state index in [9.17, 15) is 43.2 Å². The number of hydrogen-bond acceptors (Lipinski definition) is 24. The Kier molecular flexibility index (Phi) is 39.1. The number of anilines is 1. The highest BCUT2D eigenvalue weighted by Crippen LogP contribution is 2.40. The number of esters is 1. The number of aromatic nitrogens is 5. The highest BCUT2D eigenvalue weighted by Gasteiger charge is 2.37. The predicted molar refractivity (Wildman–Crippen MR) is 404 cm³/mol. The summed E-state index contributed by atoms with van der Waals surface area (Å²) in [7, 11) is 0. The van der Waals surface area contributed by atoms with Crippen LogP contribution >= 0.6 is 0 Å². The van der Waals surface area contributed by atoms with Gasteiger partial charge in [0.2, 0.25) is 41.4 Å². The highest BCUT2D eigenvalue weighted by molar-refractivity contribution is 6.04. The van der Waals surface area contributed by atoms with E-state index in [0.29, 0.717) is 163 Å². The number of ether oxygens (including phenoxy) is 11. The molecule has 2 saturated heterocycles. The first kappa shape index (κ1) is 86.9. The number of aryl methyl sites for hydroxylation is 1. The van der Waals surface area contributed by atoms with Gasteiger partial charge in [-0.15, -0.1) is 5.10 Å².